The summed E-state index contributed by atoms with van der Waals surface area (Å²) < 4.78 is 1.78. The van der Waals surface area contributed by atoms with E-state index >= 15 is 0 Å². The second-order valence-corrected chi connectivity index (χ2v) is 7.10. The number of aromatic nitrogens is 2. The lowest BCUT2D eigenvalue weighted by Crippen LogP contribution is -2.51. The molecular weight excluding hydrogens is 280 g/mol. The van der Waals surface area contributed by atoms with Gasteiger partial charge in [-0.3, -0.25) is 19.3 Å². The van der Waals surface area contributed by atoms with Gasteiger partial charge in [-0.15, -0.1) is 0 Å². The van der Waals surface area contributed by atoms with Crippen LogP contribution in [-0.4, -0.2) is 58.0 Å². The molecule has 1 aromatic rings. The van der Waals surface area contributed by atoms with Crippen LogP contribution in [0.15, 0.2) is 6.07 Å². The number of aliphatic hydroxyl groups is 1. The highest BCUT2D eigenvalue weighted by molar-refractivity contribution is 5.98. The van der Waals surface area contributed by atoms with E-state index in [-0.39, 0.29) is 24.0 Å². The molecule has 0 aromatic carbocycles. The Balaban J connectivity index is 1.75. The van der Waals surface area contributed by atoms with Crippen molar-refractivity contribution >= 4 is 11.7 Å². The van der Waals surface area contributed by atoms with Crippen LogP contribution in [0.2, 0.25) is 0 Å². The summed E-state index contributed by atoms with van der Waals surface area (Å²) in [6.45, 7) is 6.74. The monoisotopic (exact) mass is 306 g/mol. The quantitative estimate of drug-likeness (QED) is 0.902. The largest absolute Gasteiger partial charge is 0.396 e. The van der Waals surface area contributed by atoms with Crippen LogP contribution >= 0.6 is 0 Å². The number of carbonyl (C=O) groups excluding carboxylic acids is 1. The van der Waals surface area contributed by atoms with Crippen molar-refractivity contribution < 1.29 is 9.90 Å². The Kier molecular flexibility index (Phi) is 3.99. The van der Waals surface area contributed by atoms with Gasteiger partial charge in [0.05, 0.1) is 11.7 Å². The van der Waals surface area contributed by atoms with E-state index in [2.05, 4.69) is 16.9 Å². The van der Waals surface area contributed by atoms with E-state index in [1.807, 2.05) is 24.9 Å². The Labute approximate surface area is 131 Å². The van der Waals surface area contributed by atoms with Gasteiger partial charge in [-0.1, -0.05) is 6.92 Å². The van der Waals surface area contributed by atoms with Crippen LogP contribution in [-0.2, 0) is 11.8 Å². The molecule has 2 aliphatic rings. The van der Waals surface area contributed by atoms with E-state index in [0.29, 0.717) is 0 Å². The third-order valence-corrected chi connectivity index (χ3v) is 5.06. The SMILES string of the molecule is Cc1cc(N2CCC(N3CCCC(C)(CO)C3)C2=O)n(C)n1. The first kappa shape index (κ1) is 15.5. The van der Waals surface area contributed by atoms with Crippen molar-refractivity contribution in [3.8, 4) is 0 Å². The van der Waals surface area contributed by atoms with E-state index < -0.39 is 0 Å². The summed E-state index contributed by atoms with van der Waals surface area (Å²) in [6, 6.07) is 1.91. The van der Waals surface area contributed by atoms with Crippen LogP contribution in [0.4, 0.5) is 5.82 Å². The van der Waals surface area contributed by atoms with Gasteiger partial charge in [0.25, 0.3) is 0 Å². The molecule has 0 bridgehead atoms. The summed E-state index contributed by atoms with van der Waals surface area (Å²) in [5.41, 5.74) is 0.856. The molecule has 22 heavy (non-hydrogen) atoms. The van der Waals surface area contributed by atoms with Crippen LogP contribution in [0.5, 0.6) is 0 Å². The van der Waals surface area contributed by atoms with Crippen molar-refractivity contribution in [3.63, 3.8) is 0 Å². The number of carbonyl (C=O) groups is 1. The molecular formula is C16H26N4O2. The number of hydrogen-bond acceptors (Lipinski definition) is 4. The number of likely N-dealkylation sites (tertiary alicyclic amines) is 1. The lowest BCUT2D eigenvalue weighted by atomic mass is 9.82. The molecule has 2 aliphatic heterocycles. The first-order valence-electron chi connectivity index (χ1n) is 8.10. The Bertz CT molecular complexity index is 570. The number of rotatable bonds is 3. The van der Waals surface area contributed by atoms with E-state index in [4.69, 9.17) is 0 Å². The number of aliphatic hydroxyl groups excluding tert-OH is 1. The molecule has 3 rings (SSSR count). The highest BCUT2D eigenvalue weighted by Gasteiger charge is 2.41. The van der Waals surface area contributed by atoms with Crippen LogP contribution in [0.1, 0.15) is 31.9 Å². The molecule has 6 nitrogen and oxygen atoms in total. The summed E-state index contributed by atoms with van der Waals surface area (Å²) in [5.74, 6) is 1.05. The normalized spacial score (nSPS) is 30.3. The molecule has 0 radical (unpaired) electrons. The van der Waals surface area contributed by atoms with Gasteiger partial charge in [0, 0.05) is 38.2 Å². The van der Waals surface area contributed by atoms with Gasteiger partial charge in [0.1, 0.15) is 5.82 Å². The fraction of sp³-hybridized carbons (Fsp3) is 0.750. The molecule has 1 amide bonds. The van der Waals surface area contributed by atoms with Crippen molar-refractivity contribution in [2.24, 2.45) is 12.5 Å². The first-order chi connectivity index (χ1) is 10.4. The molecule has 2 atom stereocenters. The summed E-state index contributed by atoms with van der Waals surface area (Å²) in [5, 5.41) is 14.0. The van der Waals surface area contributed by atoms with Crippen LogP contribution in [0, 0.1) is 12.3 Å². The Morgan fingerprint density at radius 3 is 2.86 bits per heavy atom. The van der Waals surface area contributed by atoms with Gasteiger partial charge in [0.2, 0.25) is 5.91 Å². The maximum atomic E-state index is 12.8. The average molecular weight is 306 g/mol. The molecule has 2 fully saturated rings. The Morgan fingerprint density at radius 2 is 2.23 bits per heavy atom. The lowest BCUT2D eigenvalue weighted by molar-refractivity contribution is -0.123. The van der Waals surface area contributed by atoms with Crippen molar-refractivity contribution in [1.82, 2.24) is 14.7 Å². The fourth-order valence-corrected chi connectivity index (χ4v) is 3.83. The minimum atomic E-state index is -0.0743. The zero-order valence-electron chi connectivity index (χ0n) is 13.7. The molecule has 0 aliphatic carbocycles. The van der Waals surface area contributed by atoms with E-state index in [1.165, 1.54) is 0 Å². The highest BCUT2D eigenvalue weighted by Crippen LogP contribution is 2.33. The Morgan fingerprint density at radius 1 is 1.45 bits per heavy atom. The van der Waals surface area contributed by atoms with Gasteiger partial charge in [-0.05, 0) is 32.7 Å². The topological polar surface area (TPSA) is 61.6 Å². The fourth-order valence-electron chi connectivity index (χ4n) is 3.83. The maximum absolute atomic E-state index is 12.8. The van der Waals surface area contributed by atoms with Gasteiger partial charge in [-0.2, -0.15) is 5.10 Å². The van der Waals surface area contributed by atoms with Crippen LogP contribution in [0.3, 0.4) is 0 Å². The van der Waals surface area contributed by atoms with Crippen LogP contribution < -0.4 is 4.90 Å². The standard InChI is InChI=1S/C16H26N4O2/c1-12-9-14(18(3)17-12)20-8-5-13(15(20)22)19-7-4-6-16(2,10-19)11-21/h9,13,21H,4-8,10-11H2,1-3H3. The third-order valence-electron chi connectivity index (χ3n) is 5.06. The first-order valence-corrected chi connectivity index (χ1v) is 8.10. The molecule has 1 aromatic heterocycles. The predicted molar refractivity (Wildman–Crippen MR) is 84.7 cm³/mol. The smallest absolute Gasteiger partial charge is 0.245 e. The summed E-state index contributed by atoms with van der Waals surface area (Å²) in [7, 11) is 1.88. The van der Waals surface area contributed by atoms with Gasteiger partial charge in [0.15, 0.2) is 0 Å². The molecule has 2 unspecified atom stereocenters. The minimum Gasteiger partial charge on any atom is -0.396 e. The Hall–Kier alpha value is -1.40. The van der Waals surface area contributed by atoms with E-state index in [1.54, 1.807) is 4.68 Å². The molecule has 6 heteroatoms. The second-order valence-electron chi connectivity index (χ2n) is 7.10. The zero-order chi connectivity index (χ0) is 15.9. The number of anilines is 1. The number of hydrogen-bond donors (Lipinski definition) is 1. The average Bonchev–Trinajstić information content (AvgIpc) is 3.01. The second kappa shape index (κ2) is 5.66. The third kappa shape index (κ3) is 2.65. The van der Waals surface area contributed by atoms with Crippen molar-refractivity contribution in [3.05, 3.63) is 11.8 Å². The van der Waals surface area contributed by atoms with Crippen LogP contribution in [0.25, 0.3) is 0 Å². The number of nitrogens with zero attached hydrogens (tertiary/aromatic N) is 4. The highest BCUT2D eigenvalue weighted by atomic mass is 16.3. The maximum Gasteiger partial charge on any atom is 0.245 e. The minimum absolute atomic E-state index is 0.0543. The summed E-state index contributed by atoms with van der Waals surface area (Å²) >= 11 is 0. The number of piperidine rings is 1. The van der Waals surface area contributed by atoms with E-state index in [9.17, 15) is 9.90 Å². The number of amides is 1. The lowest BCUT2D eigenvalue weighted by Gasteiger charge is -2.41. The number of aryl methyl sites for hydroxylation is 2. The molecule has 1 N–H and O–H groups in total. The summed E-state index contributed by atoms with van der Waals surface area (Å²) in [4.78, 5) is 17.0. The molecule has 3 heterocycles. The van der Waals surface area contributed by atoms with E-state index in [0.717, 1.165) is 50.4 Å². The van der Waals surface area contributed by atoms with Gasteiger partial charge >= 0.3 is 0 Å². The van der Waals surface area contributed by atoms with Crippen molar-refractivity contribution in [2.45, 2.75) is 39.2 Å². The molecule has 2 saturated heterocycles. The van der Waals surface area contributed by atoms with Gasteiger partial charge in [-0.25, -0.2) is 0 Å². The summed E-state index contributed by atoms with van der Waals surface area (Å²) in [6.07, 6.45) is 2.93. The predicted octanol–water partition coefficient (Wildman–Crippen LogP) is 0.928. The molecule has 0 spiro atoms. The van der Waals surface area contributed by atoms with Crippen molar-refractivity contribution in [2.75, 3.05) is 31.1 Å². The van der Waals surface area contributed by atoms with Crippen molar-refractivity contribution in [1.29, 1.82) is 0 Å². The zero-order valence-corrected chi connectivity index (χ0v) is 13.7. The molecule has 122 valence electrons. The van der Waals surface area contributed by atoms with Gasteiger partial charge < -0.3 is 5.11 Å². The molecule has 0 saturated carbocycles.